The van der Waals surface area contributed by atoms with Crippen molar-refractivity contribution < 1.29 is 14.3 Å². The number of aromatic nitrogens is 2. The minimum absolute atomic E-state index is 0.0151. The Labute approximate surface area is 259 Å². The summed E-state index contributed by atoms with van der Waals surface area (Å²) in [4.78, 5) is 41.0. The molecule has 6 rings (SSSR count). The van der Waals surface area contributed by atoms with Gasteiger partial charge in [0.05, 0.1) is 7.11 Å². The van der Waals surface area contributed by atoms with Crippen molar-refractivity contribution in [1.82, 2.24) is 19.8 Å². The van der Waals surface area contributed by atoms with E-state index in [4.69, 9.17) is 4.74 Å². The molecule has 0 bridgehead atoms. The van der Waals surface area contributed by atoms with Crippen LogP contribution in [0.25, 0.3) is 10.9 Å². The van der Waals surface area contributed by atoms with Crippen LogP contribution in [0.5, 0.6) is 5.75 Å². The zero-order valence-corrected chi connectivity index (χ0v) is 26.4. The lowest BCUT2D eigenvalue weighted by molar-refractivity contribution is -0.150. The Morgan fingerprint density at radius 1 is 1.07 bits per heavy atom. The fraction of sp³-hybridized carbons (Fsp3) is 0.417. The minimum Gasteiger partial charge on any atom is -0.497 e. The van der Waals surface area contributed by atoms with E-state index in [-0.39, 0.29) is 29.1 Å². The average Bonchev–Trinajstić information content (AvgIpc) is 3.37. The number of aryl methyl sites for hydroxylation is 1. The zero-order valence-electron chi connectivity index (χ0n) is 26.4. The van der Waals surface area contributed by atoms with Gasteiger partial charge in [0.25, 0.3) is 0 Å². The first-order valence-corrected chi connectivity index (χ1v) is 15.5. The third kappa shape index (κ3) is 5.47. The molecule has 2 fully saturated rings. The third-order valence-corrected chi connectivity index (χ3v) is 10.2. The van der Waals surface area contributed by atoms with Gasteiger partial charge in [-0.15, -0.1) is 0 Å². The zero-order chi connectivity index (χ0) is 31.1. The molecule has 4 aromatic rings. The van der Waals surface area contributed by atoms with Crippen molar-refractivity contribution >= 4 is 28.4 Å². The molecular formula is C36H43N5O3. The number of anilines is 1. The van der Waals surface area contributed by atoms with Crippen LogP contribution in [-0.2, 0) is 16.1 Å². The second-order valence-electron chi connectivity index (χ2n) is 13.2. The van der Waals surface area contributed by atoms with E-state index in [0.717, 1.165) is 35.6 Å². The number of pyridine rings is 1. The number of ether oxygens (including phenoxy) is 1. The van der Waals surface area contributed by atoms with Crippen LogP contribution >= 0.6 is 0 Å². The molecule has 8 nitrogen and oxygen atoms in total. The molecule has 3 heterocycles. The number of rotatable bonds is 9. The number of likely N-dealkylation sites (tertiary alicyclic amines) is 1. The maximum absolute atomic E-state index is 14.7. The number of nitrogens with one attached hydrogen (secondary N) is 2. The van der Waals surface area contributed by atoms with Crippen molar-refractivity contribution in [3.8, 4) is 5.75 Å². The smallest absolute Gasteiger partial charge is 0.250 e. The van der Waals surface area contributed by atoms with Gasteiger partial charge in [-0.3, -0.25) is 14.6 Å². The highest BCUT2D eigenvalue weighted by molar-refractivity contribution is 6.01. The molecule has 0 spiro atoms. The number of nitrogens with zero attached hydrogens (tertiary/aromatic N) is 3. The molecular weight excluding hydrogens is 550 g/mol. The van der Waals surface area contributed by atoms with Gasteiger partial charge >= 0.3 is 0 Å². The third-order valence-electron chi connectivity index (χ3n) is 10.2. The molecule has 2 aromatic carbocycles. The quantitative estimate of drug-likeness (QED) is 0.243. The van der Waals surface area contributed by atoms with Gasteiger partial charge < -0.3 is 24.8 Å². The van der Waals surface area contributed by atoms with Gasteiger partial charge in [-0.05, 0) is 91.6 Å². The number of methoxy groups -OCH3 is 1. The lowest BCUT2D eigenvalue weighted by atomic mass is 9.83. The second kappa shape index (κ2) is 11.7. The summed E-state index contributed by atoms with van der Waals surface area (Å²) in [5.74, 6) is 1.01. The molecule has 8 heteroatoms. The molecule has 1 aliphatic heterocycles. The van der Waals surface area contributed by atoms with Crippen molar-refractivity contribution in [2.75, 3.05) is 32.6 Å². The van der Waals surface area contributed by atoms with E-state index in [1.807, 2.05) is 41.3 Å². The first-order valence-electron chi connectivity index (χ1n) is 15.5. The maximum atomic E-state index is 14.7. The summed E-state index contributed by atoms with van der Waals surface area (Å²) in [6.45, 7) is 8.44. The maximum Gasteiger partial charge on any atom is 0.250 e. The van der Waals surface area contributed by atoms with E-state index >= 15 is 0 Å². The van der Waals surface area contributed by atoms with Crippen molar-refractivity contribution in [1.29, 1.82) is 0 Å². The van der Waals surface area contributed by atoms with Gasteiger partial charge in [0.2, 0.25) is 11.8 Å². The predicted octanol–water partition coefficient (Wildman–Crippen LogP) is 6.14. The number of hydrogen-bond acceptors (Lipinski definition) is 5. The van der Waals surface area contributed by atoms with Crippen molar-refractivity contribution in [3.05, 3.63) is 89.9 Å². The van der Waals surface area contributed by atoms with E-state index in [2.05, 4.69) is 72.3 Å². The van der Waals surface area contributed by atoms with Gasteiger partial charge in [-0.2, -0.15) is 0 Å². The van der Waals surface area contributed by atoms with E-state index in [0.29, 0.717) is 31.5 Å². The number of fused-ring (bicyclic) bond motifs is 1. The molecule has 0 unspecified atom stereocenters. The van der Waals surface area contributed by atoms with Gasteiger partial charge in [0, 0.05) is 60.7 Å². The van der Waals surface area contributed by atoms with Crippen LogP contribution in [0.2, 0.25) is 0 Å². The van der Waals surface area contributed by atoms with Gasteiger partial charge in [0.15, 0.2) is 0 Å². The van der Waals surface area contributed by atoms with Gasteiger partial charge in [-0.1, -0.05) is 38.1 Å². The number of carbonyl (C=O) groups is 2. The van der Waals surface area contributed by atoms with Crippen molar-refractivity contribution in [3.63, 3.8) is 0 Å². The highest BCUT2D eigenvalue weighted by Crippen LogP contribution is 2.67. The molecule has 2 atom stereocenters. The van der Waals surface area contributed by atoms with Gasteiger partial charge in [-0.25, -0.2) is 0 Å². The van der Waals surface area contributed by atoms with E-state index in [1.165, 1.54) is 10.9 Å². The predicted molar refractivity (Wildman–Crippen MR) is 174 cm³/mol. The van der Waals surface area contributed by atoms with E-state index in [1.54, 1.807) is 19.5 Å². The largest absolute Gasteiger partial charge is 0.497 e. The molecule has 1 saturated carbocycles. The first kappa shape index (κ1) is 29.9. The molecule has 2 amide bonds. The summed E-state index contributed by atoms with van der Waals surface area (Å²) in [7, 11) is 3.69. The SMILES string of the molecule is COc1ccc(NC(=O)C2(N(Cc3cccnc3)C(=O)C[C@H]3[C@H](c4c(C)[nH]c5ccccc45)C3(C)C)CCN(C)CC2)cc1. The number of para-hydroxylation sites is 1. The number of aromatic amines is 1. The number of amides is 2. The van der Waals surface area contributed by atoms with Crippen LogP contribution in [0, 0.1) is 18.3 Å². The Morgan fingerprint density at radius 2 is 1.80 bits per heavy atom. The summed E-state index contributed by atoms with van der Waals surface area (Å²) in [6, 6.07) is 19.6. The van der Waals surface area contributed by atoms with Crippen LogP contribution < -0.4 is 10.1 Å². The van der Waals surface area contributed by atoms with Crippen LogP contribution in [0.3, 0.4) is 0 Å². The van der Waals surface area contributed by atoms with Crippen LogP contribution in [-0.4, -0.2) is 64.4 Å². The molecule has 1 aliphatic carbocycles. The number of benzene rings is 2. The fourth-order valence-electron chi connectivity index (χ4n) is 7.38. The van der Waals surface area contributed by atoms with Crippen LogP contribution in [0.15, 0.2) is 73.1 Å². The average molecular weight is 594 g/mol. The Hall–Kier alpha value is -4.17. The monoisotopic (exact) mass is 593 g/mol. The molecule has 2 N–H and O–H groups in total. The second-order valence-corrected chi connectivity index (χ2v) is 13.2. The summed E-state index contributed by atoms with van der Waals surface area (Å²) in [5.41, 5.74) is 4.16. The highest BCUT2D eigenvalue weighted by atomic mass is 16.5. The Bertz CT molecular complexity index is 1640. The lowest BCUT2D eigenvalue weighted by Crippen LogP contribution is -2.62. The fourth-order valence-corrected chi connectivity index (χ4v) is 7.38. The standard InChI is InChI=1S/C36H43N5O3/c1-24-32(28-10-6-7-11-30(28)38-24)33-29(35(33,2)3)21-31(42)41(23-25-9-8-18-37-22-25)36(16-19-40(4)20-17-36)34(43)39-26-12-14-27(44-5)15-13-26/h6-15,18,22,29,33,38H,16-17,19-21,23H2,1-5H3,(H,39,43)/t29-,33+/m0/s1. The number of piperidine rings is 1. The Balaban J connectivity index is 1.33. The summed E-state index contributed by atoms with van der Waals surface area (Å²) < 4.78 is 5.31. The molecule has 230 valence electrons. The minimum atomic E-state index is -0.995. The summed E-state index contributed by atoms with van der Waals surface area (Å²) >= 11 is 0. The van der Waals surface area contributed by atoms with Crippen LogP contribution in [0.4, 0.5) is 5.69 Å². The molecule has 0 radical (unpaired) electrons. The van der Waals surface area contributed by atoms with Crippen molar-refractivity contribution in [2.45, 2.75) is 58.0 Å². The van der Waals surface area contributed by atoms with E-state index in [9.17, 15) is 9.59 Å². The normalized spacial score (nSPS) is 20.7. The summed E-state index contributed by atoms with van der Waals surface area (Å²) in [5, 5.41) is 4.39. The first-order chi connectivity index (χ1) is 21.1. The van der Waals surface area contributed by atoms with Crippen LogP contribution in [0.1, 0.15) is 55.8 Å². The molecule has 2 aliphatic rings. The number of carbonyl (C=O) groups excluding carboxylic acids is 2. The Kier molecular flexibility index (Phi) is 7.97. The molecule has 2 aromatic heterocycles. The molecule has 44 heavy (non-hydrogen) atoms. The number of hydrogen-bond donors (Lipinski definition) is 2. The van der Waals surface area contributed by atoms with E-state index < -0.39 is 5.54 Å². The lowest BCUT2D eigenvalue weighted by Gasteiger charge is -2.47. The molecule has 1 saturated heterocycles. The van der Waals surface area contributed by atoms with Gasteiger partial charge in [0.1, 0.15) is 11.3 Å². The Morgan fingerprint density at radius 3 is 2.48 bits per heavy atom. The number of H-pyrrole nitrogens is 1. The highest BCUT2D eigenvalue weighted by Gasteiger charge is 2.60. The summed E-state index contributed by atoms with van der Waals surface area (Å²) in [6.07, 6.45) is 5.01. The topological polar surface area (TPSA) is 90.6 Å². The van der Waals surface area contributed by atoms with Crippen molar-refractivity contribution in [2.24, 2.45) is 11.3 Å².